The van der Waals surface area contributed by atoms with E-state index in [1.807, 2.05) is 6.26 Å². The molecule has 1 aliphatic rings. The Labute approximate surface area is 107 Å². The van der Waals surface area contributed by atoms with Crippen LogP contribution in [0.3, 0.4) is 0 Å². The highest BCUT2D eigenvalue weighted by Gasteiger charge is 2.28. The van der Waals surface area contributed by atoms with Crippen LogP contribution in [0.1, 0.15) is 12.8 Å². The van der Waals surface area contributed by atoms with E-state index in [1.165, 1.54) is 0 Å². The Hall–Kier alpha value is -0.270. The Bertz CT molecular complexity index is 357. The highest BCUT2D eigenvalue weighted by molar-refractivity contribution is 7.98. The number of hydrogen-bond acceptors (Lipinski definition) is 5. The van der Waals surface area contributed by atoms with Gasteiger partial charge in [0, 0.05) is 6.54 Å². The van der Waals surface area contributed by atoms with Crippen LogP contribution in [0.2, 0.25) is 0 Å². The second-order valence-corrected chi connectivity index (χ2v) is 7.62. The molecule has 0 aromatic heterocycles. The molecule has 2 atom stereocenters. The van der Waals surface area contributed by atoms with Crippen molar-refractivity contribution in [3.8, 4) is 0 Å². The van der Waals surface area contributed by atoms with Crippen molar-refractivity contribution in [3.63, 3.8) is 0 Å². The molecule has 3 N–H and O–H groups in total. The van der Waals surface area contributed by atoms with Crippen LogP contribution < -0.4 is 11.1 Å². The van der Waals surface area contributed by atoms with Crippen molar-refractivity contribution < 1.29 is 13.2 Å². The Morgan fingerprint density at radius 3 is 2.82 bits per heavy atom. The van der Waals surface area contributed by atoms with Crippen molar-refractivity contribution >= 4 is 27.5 Å². The number of nitrogens with two attached hydrogens (primary N) is 1. The summed E-state index contributed by atoms with van der Waals surface area (Å²) in [5, 5.41) is 2.73. The average molecular weight is 280 g/mol. The largest absolute Gasteiger partial charge is 0.354 e. The number of rotatable bonds is 6. The van der Waals surface area contributed by atoms with Gasteiger partial charge in [0.1, 0.15) is 0 Å². The van der Waals surface area contributed by atoms with Gasteiger partial charge in [0.05, 0.1) is 17.5 Å². The number of amides is 1. The molecule has 0 aromatic carbocycles. The topological polar surface area (TPSA) is 89.3 Å². The molecule has 1 rings (SSSR count). The van der Waals surface area contributed by atoms with Crippen molar-refractivity contribution in [2.75, 3.05) is 30.1 Å². The van der Waals surface area contributed by atoms with E-state index >= 15 is 0 Å². The molecule has 1 saturated heterocycles. The number of sulfone groups is 1. The molecule has 1 unspecified atom stereocenters. The summed E-state index contributed by atoms with van der Waals surface area (Å²) in [5.41, 5.74) is 5.70. The molecule has 5 nitrogen and oxygen atoms in total. The molecule has 1 heterocycles. The van der Waals surface area contributed by atoms with Gasteiger partial charge in [0.15, 0.2) is 9.84 Å². The number of carbonyl (C=O) groups excluding carboxylic acids is 1. The van der Waals surface area contributed by atoms with Gasteiger partial charge in [-0.25, -0.2) is 8.42 Å². The second kappa shape index (κ2) is 6.61. The minimum atomic E-state index is -2.86. The fraction of sp³-hybridized carbons (Fsp3) is 0.900. The summed E-state index contributed by atoms with van der Waals surface area (Å²) in [6.07, 6.45) is 3.26. The first-order valence-corrected chi connectivity index (χ1v) is 8.89. The zero-order chi connectivity index (χ0) is 12.9. The van der Waals surface area contributed by atoms with E-state index in [9.17, 15) is 13.2 Å². The smallest absolute Gasteiger partial charge is 0.236 e. The quantitative estimate of drug-likeness (QED) is 0.692. The maximum Gasteiger partial charge on any atom is 0.236 e. The third-order valence-corrected chi connectivity index (χ3v) is 5.34. The maximum atomic E-state index is 11.6. The van der Waals surface area contributed by atoms with Gasteiger partial charge in [-0.1, -0.05) is 0 Å². The Morgan fingerprint density at radius 2 is 2.29 bits per heavy atom. The lowest BCUT2D eigenvalue weighted by Gasteiger charge is -2.13. The molecule has 100 valence electrons. The molecule has 0 radical (unpaired) electrons. The summed E-state index contributed by atoms with van der Waals surface area (Å²) in [6.45, 7) is 0.422. The lowest BCUT2D eigenvalue weighted by atomic mass is 10.1. The van der Waals surface area contributed by atoms with Gasteiger partial charge in [0.25, 0.3) is 0 Å². The highest BCUT2D eigenvalue weighted by Crippen LogP contribution is 2.17. The molecule has 0 spiro atoms. The second-order valence-electron chi connectivity index (χ2n) is 4.40. The third kappa shape index (κ3) is 5.27. The molecule has 7 heteroatoms. The van der Waals surface area contributed by atoms with Crippen LogP contribution in [0.4, 0.5) is 0 Å². The van der Waals surface area contributed by atoms with Crippen molar-refractivity contribution in [3.05, 3.63) is 0 Å². The molecule has 0 aromatic rings. The van der Waals surface area contributed by atoms with E-state index in [4.69, 9.17) is 5.73 Å². The fourth-order valence-electron chi connectivity index (χ4n) is 1.78. The van der Waals surface area contributed by atoms with Gasteiger partial charge < -0.3 is 11.1 Å². The first kappa shape index (κ1) is 14.8. The van der Waals surface area contributed by atoms with E-state index in [0.717, 1.165) is 5.75 Å². The van der Waals surface area contributed by atoms with E-state index in [-0.39, 0.29) is 23.3 Å². The van der Waals surface area contributed by atoms with Gasteiger partial charge in [-0.05, 0) is 30.8 Å². The maximum absolute atomic E-state index is 11.6. The van der Waals surface area contributed by atoms with Gasteiger partial charge in [-0.15, -0.1) is 0 Å². The molecule has 0 aliphatic carbocycles. The minimum Gasteiger partial charge on any atom is -0.354 e. The van der Waals surface area contributed by atoms with Gasteiger partial charge in [-0.2, -0.15) is 11.8 Å². The van der Waals surface area contributed by atoms with Crippen LogP contribution in [-0.4, -0.2) is 50.4 Å². The Balaban J connectivity index is 2.24. The van der Waals surface area contributed by atoms with Gasteiger partial charge in [0.2, 0.25) is 5.91 Å². The zero-order valence-corrected chi connectivity index (χ0v) is 11.6. The van der Waals surface area contributed by atoms with E-state index in [2.05, 4.69) is 5.32 Å². The van der Waals surface area contributed by atoms with Crippen molar-refractivity contribution in [2.45, 2.75) is 18.9 Å². The van der Waals surface area contributed by atoms with Crippen LogP contribution in [0.5, 0.6) is 0 Å². The highest BCUT2D eigenvalue weighted by atomic mass is 32.2. The summed E-state index contributed by atoms with van der Waals surface area (Å²) < 4.78 is 22.4. The van der Waals surface area contributed by atoms with Crippen LogP contribution in [0.25, 0.3) is 0 Å². The molecule has 1 amide bonds. The molecule has 1 aliphatic heterocycles. The van der Waals surface area contributed by atoms with Crippen LogP contribution in [0, 0.1) is 5.92 Å². The van der Waals surface area contributed by atoms with Gasteiger partial charge in [-0.3, -0.25) is 4.79 Å². The van der Waals surface area contributed by atoms with Crippen LogP contribution >= 0.6 is 11.8 Å². The fourth-order valence-corrected chi connectivity index (χ4v) is 4.14. The average Bonchev–Trinajstić information content (AvgIpc) is 2.62. The lowest BCUT2D eigenvalue weighted by Crippen LogP contribution is -2.42. The number of hydrogen-bond donors (Lipinski definition) is 2. The standard InChI is InChI=1S/C10H20N2O3S2/c1-16-4-2-9(11)10(13)12-6-8-3-5-17(14,15)7-8/h8-9H,2-7,11H2,1H3,(H,12,13)/t8?,9-/m0/s1. The van der Waals surface area contributed by atoms with Crippen LogP contribution in [-0.2, 0) is 14.6 Å². The van der Waals surface area contributed by atoms with E-state index < -0.39 is 15.9 Å². The molecule has 0 bridgehead atoms. The zero-order valence-electron chi connectivity index (χ0n) is 10.0. The van der Waals surface area contributed by atoms with Crippen molar-refractivity contribution in [2.24, 2.45) is 11.7 Å². The summed E-state index contributed by atoms with van der Waals surface area (Å²) >= 11 is 1.65. The molecule has 17 heavy (non-hydrogen) atoms. The molecule has 0 saturated carbocycles. The number of thioether (sulfide) groups is 1. The lowest BCUT2D eigenvalue weighted by molar-refractivity contribution is -0.122. The summed E-state index contributed by atoms with van der Waals surface area (Å²) in [4.78, 5) is 11.6. The summed E-state index contributed by atoms with van der Waals surface area (Å²) in [5.74, 6) is 1.16. The minimum absolute atomic E-state index is 0.0525. The monoisotopic (exact) mass is 280 g/mol. The predicted octanol–water partition coefficient (Wildman–Crippen LogP) is -0.382. The molecular weight excluding hydrogens is 260 g/mol. The third-order valence-electron chi connectivity index (χ3n) is 2.86. The van der Waals surface area contributed by atoms with Gasteiger partial charge >= 0.3 is 0 Å². The Kier molecular flexibility index (Phi) is 5.75. The first-order valence-electron chi connectivity index (χ1n) is 5.67. The van der Waals surface area contributed by atoms with Crippen LogP contribution in [0.15, 0.2) is 0 Å². The Morgan fingerprint density at radius 1 is 1.59 bits per heavy atom. The van der Waals surface area contributed by atoms with E-state index in [0.29, 0.717) is 19.4 Å². The SMILES string of the molecule is CSCC[C@H](N)C(=O)NCC1CCS(=O)(=O)C1. The first-order chi connectivity index (χ1) is 7.94. The molecule has 1 fully saturated rings. The normalized spacial score (nSPS) is 24.5. The number of carbonyl (C=O) groups is 1. The summed E-state index contributed by atoms with van der Waals surface area (Å²) in [6, 6.07) is -0.486. The molecular formula is C10H20N2O3S2. The summed E-state index contributed by atoms with van der Waals surface area (Å²) in [7, 11) is -2.86. The van der Waals surface area contributed by atoms with Crippen molar-refractivity contribution in [1.82, 2.24) is 5.32 Å². The van der Waals surface area contributed by atoms with E-state index in [1.54, 1.807) is 11.8 Å². The number of nitrogens with one attached hydrogen (secondary N) is 1. The van der Waals surface area contributed by atoms with Crippen molar-refractivity contribution in [1.29, 1.82) is 0 Å². The predicted molar refractivity (Wildman–Crippen MR) is 70.7 cm³/mol.